The van der Waals surface area contributed by atoms with Gasteiger partial charge in [-0.25, -0.2) is 0 Å². The van der Waals surface area contributed by atoms with Crippen molar-refractivity contribution in [2.45, 2.75) is 45.2 Å². The molecule has 2 N–H and O–H groups in total. The monoisotopic (exact) mass is 260 g/mol. The number of nitrogens with two attached hydrogens (primary N) is 1. The van der Waals surface area contributed by atoms with Crippen LogP contribution in [-0.4, -0.2) is 23.4 Å². The molecule has 1 aliphatic heterocycles. The van der Waals surface area contributed by atoms with Crippen LogP contribution in [0.3, 0.4) is 0 Å². The van der Waals surface area contributed by atoms with E-state index in [-0.39, 0.29) is 18.0 Å². The molecule has 2 atom stereocenters. The van der Waals surface area contributed by atoms with Crippen molar-refractivity contribution in [3.8, 4) is 0 Å². The first-order chi connectivity index (χ1) is 9.09. The number of rotatable bonds is 3. The number of amides is 1. The molecule has 1 heterocycles. The van der Waals surface area contributed by atoms with Gasteiger partial charge in [-0.2, -0.15) is 0 Å². The van der Waals surface area contributed by atoms with Gasteiger partial charge in [-0.15, -0.1) is 0 Å². The second-order valence-corrected chi connectivity index (χ2v) is 5.85. The van der Waals surface area contributed by atoms with Crippen LogP contribution in [0.5, 0.6) is 0 Å². The summed E-state index contributed by atoms with van der Waals surface area (Å²) in [4.78, 5) is 14.3. The molecule has 1 aromatic rings. The van der Waals surface area contributed by atoms with Crippen LogP contribution in [0, 0.1) is 5.92 Å². The van der Waals surface area contributed by atoms with Crippen LogP contribution in [0.4, 0.5) is 0 Å². The molecule has 2 rings (SSSR count). The Morgan fingerprint density at radius 2 is 2.00 bits per heavy atom. The maximum atomic E-state index is 12.3. The standard InChI is InChI=1S/C16H24N2O/c1-12(2)11-18-15(19)10-6-9-14(17)16(18)13-7-4-3-5-8-13/h3-5,7-8,12,14,16H,6,9-11,17H2,1-2H3. The molecule has 0 aliphatic carbocycles. The van der Waals surface area contributed by atoms with E-state index >= 15 is 0 Å². The number of carbonyl (C=O) groups excluding carboxylic acids is 1. The fourth-order valence-electron chi connectivity index (χ4n) is 2.86. The Balaban J connectivity index is 2.33. The molecule has 19 heavy (non-hydrogen) atoms. The Morgan fingerprint density at radius 1 is 1.32 bits per heavy atom. The lowest BCUT2D eigenvalue weighted by molar-refractivity contribution is -0.133. The van der Waals surface area contributed by atoms with Gasteiger partial charge >= 0.3 is 0 Å². The van der Waals surface area contributed by atoms with Gasteiger partial charge in [-0.05, 0) is 24.3 Å². The third-order valence-corrected chi connectivity index (χ3v) is 3.69. The van der Waals surface area contributed by atoms with Crippen molar-refractivity contribution in [3.63, 3.8) is 0 Å². The summed E-state index contributed by atoms with van der Waals surface area (Å²) < 4.78 is 0. The summed E-state index contributed by atoms with van der Waals surface area (Å²) in [7, 11) is 0. The first-order valence-corrected chi connectivity index (χ1v) is 7.19. The molecule has 0 saturated carbocycles. The molecular formula is C16H24N2O. The van der Waals surface area contributed by atoms with Gasteiger partial charge in [0, 0.05) is 19.0 Å². The highest BCUT2D eigenvalue weighted by molar-refractivity contribution is 5.77. The molecule has 1 aliphatic rings. The minimum Gasteiger partial charge on any atom is -0.334 e. The Hall–Kier alpha value is -1.35. The maximum absolute atomic E-state index is 12.3. The summed E-state index contributed by atoms with van der Waals surface area (Å²) >= 11 is 0. The van der Waals surface area contributed by atoms with Gasteiger partial charge in [0.15, 0.2) is 0 Å². The molecule has 0 spiro atoms. The molecule has 104 valence electrons. The predicted molar refractivity (Wildman–Crippen MR) is 77.6 cm³/mol. The van der Waals surface area contributed by atoms with Crippen LogP contribution in [-0.2, 0) is 4.79 Å². The average molecular weight is 260 g/mol. The summed E-state index contributed by atoms with van der Waals surface area (Å²) in [6.07, 6.45) is 2.45. The first kappa shape index (κ1) is 14.1. The van der Waals surface area contributed by atoms with Crippen LogP contribution < -0.4 is 5.73 Å². The number of nitrogens with zero attached hydrogens (tertiary/aromatic N) is 1. The Labute approximate surface area is 115 Å². The largest absolute Gasteiger partial charge is 0.334 e. The highest BCUT2D eigenvalue weighted by Gasteiger charge is 2.32. The molecule has 0 aromatic heterocycles. The average Bonchev–Trinajstić information content (AvgIpc) is 2.50. The van der Waals surface area contributed by atoms with E-state index in [4.69, 9.17) is 5.73 Å². The van der Waals surface area contributed by atoms with Crippen LogP contribution in [0.2, 0.25) is 0 Å². The second-order valence-electron chi connectivity index (χ2n) is 5.85. The molecule has 1 fully saturated rings. The molecule has 0 bridgehead atoms. The lowest BCUT2D eigenvalue weighted by atomic mass is 9.96. The molecule has 3 heteroatoms. The number of carbonyl (C=O) groups is 1. The van der Waals surface area contributed by atoms with Crippen molar-refractivity contribution in [1.29, 1.82) is 0 Å². The van der Waals surface area contributed by atoms with Crippen molar-refractivity contribution in [1.82, 2.24) is 4.90 Å². The van der Waals surface area contributed by atoms with E-state index in [2.05, 4.69) is 26.0 Å². The van der Waals surface area contributed by atoms with Gasteiger partial charge in [0.1, 0.15) is 0 Å². The van der Waals surface area contributed by atoms with Crippen molar-refractivity contribution < 1.29 is 4.79 Å². The van der Waals surface area contributed by atoms with Crippen LogP contribution in [0.1, 0.15) is 44.7 Å². The van der Waals surface area contributed by atoms with Gasteiger partial charge in [0.2, 0.25) is 5.91 Å². The first-order valence-electron chi connectivity index (χ1n) is 7.19. The predicted octanol–water partition coefficient (Wildman–Crippen LogP) is 2.72. The van der Waals surface area contributed by atoms with Crippen molar-refractivity contribution in [2.75, 3.05) is 6.54 Å². The van der Waals surface area contributed by atoms with E-state index in [1.165, 1.54) is 0 Å². The third-order valence-electron chi connectivity index (χ3n) is 3.69. The van der Waals surface area contributed by atoms with E-state index < -0.39 is 0 Å². The van der Waals surface area contributed by atoms with Gasteiger partial charge in [-0.1, -0.05) is 44.2 Å². The topological polar surface area (TPSA) is 46.3 Å². The summed E-state index contributed by atoms with van der Waals surface area (Å²) in [5.74, 6) is 0.705. The normalized spacial score (nSPS) is 24.6. The van der Waals surface area contributed by atoms with Crippen molar-refractivity contribution in [2.24, 2.45) is 11.7 Å². The molecule has 3 nitrogen and oxygen atoms in total. The number of benzene rings is 1. The third kappa shape index (κ3) is 3.35. The summed E-state index contributed by atoms with van der Waals surface area (Å²) in [5, 5.41) is 0. The molecule has 1 aromatic carbocycles. The minimum absolute atomic E-state index is 0.0265. The van der Waals surface area contributed by atoms with E-state index in [1.807, 2.05) is 23.1 Å². The summed E-state index contributed by atoms with van der Waals surface area (Å²) in [6.45, 7) is 5.07. The lowest BCUT2D eigenvalue weighted by Crippen LogP contribution is -2.43. The fourth-order valence-corrected chi connectivity index (χ4v) is 2.86. The number of hydrogen-bond donors (Lipinski definition) is 1. The highest BCUT2D eigenvalue weighted by Crippen LogP contribution is 2.30. The summed E-state index contributed by atoms with van der Waals surface area (Å²) in [5.41, 5.74) is 7.50. The van der Waals surface area contributed by atoms with E-state index in [1.54, 1.807) is 0 Å². The maximum Gasteiger partial charge on any atom is 0.223 e. The Bertz CT molecular complexity index is 416. The SMILES string of the molecule is CC(C)CN1C(=O)CCCC(N)C1c1ccccc1. The summed E-state index contributed by atoms with van der Waals surface area (Å²) in [6, 6.07) is 10.3. The van der Waals surface area contributed by atoms with Crippen LogP contribution in [0.15, 0.2) is 30.3 Å². The molecule has 0 radical (unpaired) electrons. The van der Waals surface area contributed by atoms with Gasteiger partial charge < -0.3 is 10.6 Å². The van der Waals surface area contributed by atoms with Crippen molar-refractivity contribution in [3.05, 3.63) is 35.9 Å². The zero-order valence-corrected chi connectivity index (χ0v) is 11.9. The lowest BCUT2D eigenvalue weighted by Gasteiger charge is -2.35. The van der Waals surface area contributed by atoms with Crippen LogP contribution >= 0.6 is 0 Å². The number of hydrogen-bond acceptors (Lipinski definition) is 2. The van der Waals surface area contributed by atoms with E-state index in [0.29, 0.717) is 12.3 Å². The smallest absolute Gasteiger partial charge is 0.223 e. The molecule has 1 saturated heterocycles. The van der Waals surface area contributed by atoms with Gasteiger partial charge in [0.25, 0.3) is 0 Å². The van der Waals surface area contributed by atoms with Gasteiger partial charge in [-0.3, -0.25) is 4.79 Å². The van der Waals surface area contributed by atoms with E-state index in [9.17, 15) is 4.79 Å². The molecular weight excluding hydrogens is 236 g/mol. The van der Waals surface area contributed by atoms with Crippen LogP contribution in [0.25, 0.3) is 0 Å². The quantitative estimate of drug-likeness (QED) is 0.908. The Morgan fingerprint density at radius 3 is 2.63 bits per heavy atom. The van der Waals surface area contributed by atoms with E-state index in [0.717, 1.165) is 24.9 Å². The fraction of sp³-hybridized carbons (Fsp3) is 0.562. The zero-order chi connectivity index (χ0) is 13.8. The zero-order valence-electron chi connectivity index (χ0n) is 11.9. The molecule has 2 unspecified atom stereocenters. The number of likely N-dealkylation sites (tertiary alicyclic amines) is 1. The second kappa shape index (κ2) is 6.20. The molecule has 1 amide bonds. The van der Waals surface area contributed by atoms with Crippen molar-refractivity contribution >= 4 is 5.91 Å². The highest BCUT2D eigenvalue weighted by atomic mass is 16.2. The minimum atomic E-state index is 0.0265. The Kier molecular flexibility index (Phi) is 4.59. The van der Waals surface area contributed by atoms with Gasteiger partial charge in [0.05, 0.1) is 6.04 Å².